The molecule has 4 heterocycles. The molecule has 0 aliphatic carbocycles. The predicted molar refractivity (Wildman–Crippen MR) is 316 cm³/mol. The Hall–Kier alpha value is -6.60. The Bertz CT molecular complexity index is 3150. The minimum atomic E-state index is -2.54. The summed E-state index contributed by atoms with van der Waals surface area (Å²) in [6, 6.07) is 4.39. The van der Waals surface area contributed by atoms with Crippen molar-refractivity contribution in [2.75, 3.05) is 26.2 Å². The van der Waals surface area contributed by atoms with Crippen molar-refractivity contribution in [1.29, 1.82) is 0 Å². The first-order valence-electron chi connectivity index (χ1n) is 29.0. The molecule has 3 aromatic carbocycles. The first kappa shape index (κ1) is 73.5. The third-order valence-corrected chi connectivity index (χ3v) is 16.9. The molecule has 4 aromatic rings. The molecule has 3 saturated heterocycles. The number of β-amino-alcohol motifs (C(OH)–C–C–N with tert-alkyl or cyclic N) is 1. The Balaban J connectivity index is 0.0000132. The molecule has 1 aromatic heterocycles. The van der Waals surface area contributed by atoms with E-state index in [1.165, 1.54) is 43.2 Å². The van der Waals surface area contributed by atoms with Gasteiger partial charge in [0, 0.05) is 55.7 Å². The monoisotopic (exact) mass is 1320 g/mol. The van der Waals surface area contributed by atoms with Crippen LogP contribution in [0.25, 0.3) is 21.0 Å². The zero-order valence-corrected chi connectivity index (χ0v) is 53.7. The number of aromatic nitrogens is 1. The Kier molecular flexibility index (Phi) is 27.7. The first-order valence-corrected chi connectivity index (χ1v) is 30.5. The van der Waals surface area contributed by atoms with Gasteiger partial charge in [0.05, 0.1) is 48.4 Å². The summed E-state index contributed by atoms with van der Waals surface area (Å²) >= 11 is 1.31. The molecule has 30 nitrogen and oxygen atoms in total. The second-order valence-electron chi connectivity index (χ2n) is 22.2. The van der Waals surface area contributed by atoms with Crippen molar-refractivity contribution in [1.82, 2.24) is 41.4 Å². The Morgan fingerprint density at radius 2 is 1.47 bits per heavy atom. The number of aliphatic hydroxyl groups excluding tert-OH is 7. The first-order chi connectivity index (χ1) is 42.9. The van der Waals surface area contributed by atoms with Crippen LogP contribution < -0.4 is 76.1 Å². The van der Waals surface area contributed by atoms with Crippen LogP contribution in [0.5, 0.6) is 17.2 Å². The van der Waals surface area contributed by atoms with E-state index in [9.17, 15) is 84.5 Å². The maximum atomic E-state index is 14.7. The van der Waals surface area contributed by atoms with E-state index in [-0.39, 0.29) is 53.0 Å². The summed E-state index contributed by atoms with van der Waals surface area (Å²) in [6.07, 6.45) is -8.88. The average molecular weight is 1320 g/mol. The standard InChI is InChI=1S/C58H75N9O21S2.Na/c1-4-5-6-7-8-19-85-36-16-13-32(14-17-36)56-61-25-42(89-56)30-9-11-31(12-10-30)51(77)62-37-21-34(69)24-60-55(81)47-48(74)28(2)26-67(47)58(83)45(40(72)23-43(59)73)64-54(80)46(50(76)49(75)33-15-18-39(71)41(20-33)86-90-88-87-84)65-53(79)38-22-35(70)27-66(38)57(82)44(29(3)68)63-52(37)78;/h9-18,20,25,28-29,34-35,37-38,40,44-50,68-72,74-76,84H,4-8,19,21-24,26-27H2,1-3H3,(H2,59,73)(H,60,81)(H,62,77)(H,63,78)(H,64,80)(H,65,79);/q;+1/p-1/t28?,29?,34?,35?,37-,38?,40?,44?,45?,46?,47?,48?,49?,50?;/m0./s1. The second kappa shape index (κ2) is 34.3. The Morgan fingerprint density at radius 1 is 0.813 bits per heavy atom. The van der Waals surface area contributed by atoms with Crippen LogP contribution in [0.1, 0.15) is 94.2 Å². The van der Waals surface area contributed by atoms with Gasteiger partial charge in [0.15, 0.2) is 11.5 Å². The number of aliphatic hydroxyl groups is 7. The molecule has 15 N–H and O–H groups in total. The van der Waals surface area contributed by atoms with Gasteiger partial charge in [-0.3, -0.25) is 43.4 Å². The smallest absolute Gasteiger partial charge is 0.691 e. The molecular formula is C58H74N9NaO21S2. The van der Waals surface area contributed by atoms with E-state index >= 15 is 0 Å². The van der Waals surface area contributed by atoms with Crippen molar-refractivity contribution in [2.24, 2.45) is 11.7 Å². The van der Waals surface area contributed by atoms with Crippen molar-refractivity contribution in [3.05, 3.63) is 84.1 Å². The molecule has 3 aliphatic heterocycles. The van der Waals surface area contributed by atoms with Crippen LogP contribution >= 0.6 is 23.7 Å². The number of nitrogens with zero attached hydrogens (tertiary/aromatic N) is 3. The minimum Gasteiger partial charge on any atom is -0.691 e. The second-order valence-corrected chi connectivity index (χ2v) is 23.7. The Morgan fingerprint density at radius 3 is 2.14 bits per heavy atom. The zero-order valence-electron chi connectivity index (χ0n) is 50.1. The molecule has 0 spiro atoms. The molecule has 490 valence electrons. The normalized spacial score (nSPS) is 25.0. The van der Waals surface area contributed by atoms with Gasteiger partial charge >= 0.3 is 29.6 Å². The number of hydrogen-bond donors (Lipinski definition) is 14. The van der Waals surface area contributed by atoms with Crippen molar-refractivity contribution < 1.29 is 132 Å². The summed E-state index contributed by atoms with van der Waals surface area (Å²) in [5.74, 6) is -11.2. The molecule has 13 unspecified atom stereocenters. The van der Waals surface area contributed by atoms with Crippen LogP contribution in [0.4, 0.5) is 0 Å². The molecule has 0 bridgehead atoms. The van der Waals surface area contributed by atoms with E-state index in [1.54, 1.807) is 18.3 Å². The van der Waals surface area contributed by atoms with Gasteiger partial charge in [0.25, 0.3) is 18.2 Å². The van der Waals surface area contributed by atoms with Gasteiger partial charge in [0.1, 0.15) is 59.2 Å². The topological polar surface area (TPSA) is 464 Å². The Labute approximate surface area is 552 Å². The molecule has 0 saturated carbocycles. The number of primary amides is 1. The summed E-state index contributed by atoms with van der Waals surface area (Å²) in [5.41, 5.74) is 6.57. The predicted octanol–water partition coefficient (Wildman–Crippen LogP) is -4.98. The average Bonchev–Trinajstić information content (AvgIpc) is 1.81. The van der Waals surface area contributed by atoms with Gasteiger partial charge in [0.2, 0.25) is 41.4 Å². The number of phenolic OH excluding ortho intramolecular Hbond substituents is 1. The number of carbonyl (C=O) groups is 8. The number of nitrogens with one attached hydrogen (secondary N) is 5. The van der Waals surface area contributed by atoms with Crippen LogP contribution in [0, 0.1) is 5.92 Å². The number of amides is 8. The minimum absolute atomic E-state index is 0. The molecule has 3 fully saturated rings. The molecule has 8 amide bonds. The summed E-state index contributed by atoms with van der Waals surface area (Å²) in [6.45, 7) is 3.48. The maximum absolute atomic E-state index is 14.7. The molecule has 7 rings (SSSR count). The zero-order chi connectivity index (χ0) is 65.5. The van der Waals surface area contributed by atoms with Gasteiger partial charge < -0.3 is 97.1 Å². The summed E-state index contributed by atoms with van der Waals surface area (Å²) in [5, 5.41) is 116. The molecule has 33 heteroatoms. The third kappa shape index (κ3) is 19.3. The molecule has 0 radical (unpaired) electrons. The largest absolute Gasteiger partial charge is 1.00 e. The molecular weight excluding hydrogens is 1250 g/mol. The van der Waals surface area contributed by atoms with Crippen molar-refractivity contribution in [3.8, 4) is 38.3 Å². The van der Waals surface area contributed by atoms with E-state index in [0.29, 0.717) is 12.2 Å². The maximum Gasteiger partial charge on any atom is 1.00 e. The van der Waals surface area contributed by atoms with Gasteiger partial charge in [-0.1, -0.05) is 57.7 Å². The number of benzene rings is 3. The third-order valence-electron chi connectivity index (χ3n) is 15.5. The fraction of sp³-hybridized carbons (Fsp3) is 0.500. The number of hydrogen-bond acceptors (Lipinski definition) is 24. The number of thiazole rings is 1. The fourth-order valence-electron chi connectivity index (χ4n) is 10.6. The number of phenols is 1. The summed E-state index contributed by atoms with van der Waals surface area (Å²) < 4.78 is 15.0. The van der Waals surface area contributed by atoms with Gasteiger partial charge in [-0.2, -0.15) is 0 Å². The van der Waals surface area contributed by atoms with E-state index in [4.69, 9.17) is 14.7 Å². The molecule has 91 heavy (non-hydrogen) atoms. The fourth-order valence-corrected chi connectivity index (χ4v) is 11.8. The number of fused-ring (bicyclic) bond motifs is 2. The van der Waals surface area contributed by atoms with Gasteiger partial charge in [-0.15, -0.1) is 15.7 Å². The number of rotatable bonds is 22. The molecule has 14 atom stereocenters. The van der Waals surface area contributed by atoms with Gasteiger partial charge in [-0.25, -0.2) is 4.98 Å². The van der Waals surface area contributed by atoms with Crippen molar-refractivity contribution in [3.63, 3.8) is 0 Å². The van der Waals surface area contributed by atoms with Crippen molar-refractivity contribution in [2.45, 2.75) is 151 Å². The SMILES string of the molecule is CCCCCCCOc1ccc(-c2ncc(-c3ccc(C(=O)N[C@H]4CC(O)CNC(=O)C5C(O)C(C)CN5C(=O)C(C(O)CC(N)=O)NC(=O)C(C(O)C(O)c5ccc(O)c(OSOO[O-])c5)NC(=O)C5CC(O)CN5C(=O)C(C(C)O)NC4=O)cc3)s2)cc1.[Na+]. The van der Waals surface area contributed by atoms with Gasteiger partial charge in [-0.05, 0) is 73.0 Å². The number of ether oxygens (including phenoxy) is 1. The molecule has 3 aliphatic rings. The van der Waals surface area contributed by atoms with Crippen LogP contribution in [0.3, 0.4) is 0 Å². The van der Waals surface area contributed by atoms with Crippen molar-refractivity contribution >= 4 is 70.9 Å². The van der Waals surface area contributed by atoms with E-state index in [1.807, 2.05) is 24.3 Å². The number of unbranched alkanes of at least 4 members (excludes halogenated alkanes) is 4. The summed E-state index contributed by atoms with van der Waals surface area (Å²) in [7, 11) is 0. The van der Waals surface area contributed by atoms with E-state index in [2.05, 4.69) is 47.9 Å². The van der Waals surface area contributed by atoms with Crippen LogP contribution in [0.15, 0.2) is 72.9 Å². The quantitative estimate of drug-likeness (QED) is 0.0115. The number of aromatic hydroxyl groups is 1. The van der Waals surface area contributed by atoms with Crippen LogP contribution in [0.2, 0.25) is 0 Å². The van der Waals surface area contributed by atoms with Crippen LogP contribution in [-0.4, -0.2) is 202 Å². The van der Waals surface area contributed by atoms with Crippen LogP contribution in [-0.2, 0) is 42.9 Å². The van der Waals surface area contributed by atoms with E-state index in [0.717, 1.165) is 75.4 Å². The number of nitrogens with two attached hydrogens (primary N) is 1. The summed E-state index contributed by atoms with van der Waals surface area (Å²) in [4.78, 5) is 120. The van der Waals surface area contributed by atoms with E-state index < -0.39 is 183 Å². The number of carbonyl (C=O) groups excluding carboxylic acids is 8.